The zero-order valence-corrected chi connectivity index (χ0v) is 15.8. The molecule has 0 aliphatic heterocycles. The summed E-state index contributed by atoms with van der Waals surface area (Å²) in [4.78, 5) is 3.55. The minimum atomic E-state index is 0.238. The Kier molecular flexibility index (Phi) is 8.21. The molecule has 124 valence electrons. The van der Waals surface area contributed by atoms with E-state index in [0.29, 0.717) is 9.92 Å². The van der Waals surface area contributed by atoms with Gasteiger partial charge in [-0.25, -0.2) is 0 Å². The average Bonchev–Trinajstić information content (AvgIpc) is 3.02. The van der Waals surface area contributed by atoms with Crippen molar-refractivity contribution in [2.45, 2.75) is 39.5 Å². The summed E-state index contributed by atoms with van der Waals surface area (Å²) in [5.74, 6) is 0. The van der Waals surface area contributed by atoms with Crippen LogP contribution < -0.4 is 0 Å². The van der Waals surface area contributed by atoms with Crippen LogP contribution in [0.3, 0.4) is 0 Å². The first-order valence-electron chi connectivity index (χ1n) is 7.61. The van der Waals surface area contributed by atoms with Gasteiger partial charge in [-0.2, -0.15) is 3.89 Å². The second-order valence-corrected chi connectivity index (χ2v) is 6.00. The molecule has 0 saturated carbocycles. The summed E-state index contributed by atoms with van der Waals surface area (Å²) >= 11 is 6.17. The molecule has 0 bridgehead atoms. The number of aromatic amines is 1. The smallest absolute Gasteiger partial charge is 0.0834 e. The van der Waals surface area contributed by atoms with E-state index in [2.05, 4.69) is 43.1 Å². The highest BCUT2D eigenvalue weighted by molar-refractivity contribution is 7.94. The number of benzene rings is 2. The van der Waals surface area contributed by atoms with E-state index in [9.17, 15) is 3.89 Å². The molecule has 3 rings (SSSR count). The highest BCUT2D eigenvalue weighted by Crippen LogP contribution is 2.34. The number of H-pyrrole nitrogens is 1. The first kappa shape index (κ1) is 19.6. The molecule has 1 heterocycles. The lowest BCUT2D eigenvalue weighted by Gasteiger charge is -1.98. The van der Waals surface area contributed by atoms with Crippen LogP contribution in [-0.2, 0) is 0 Å². The second kappa shape index (κ2) is 9.64. The van der Waals surface area contributed by atoms with E-state index >= 15 is 0 Å². The number of halogens is 2. The molecule has 0 aliphatic carbocycles. The molecular formula is C19H23ClFNS. The lowest BCUT2D eigenvalue weighted by atomic mass is 10.1. The van der Waals surface area contributed by atoms with Crippen LogP contribution in [0.4, 0.5) is 3.89 Å². The Balaban J connectivity index is 0.000000228. The van der Waals surface area contributed by atoms with Crippen molar-refractivity contribution >= 4 is 34.7 Å². The van der Waals surface area contributed by atoms with Crippen molar-refractivity contribution in [2.24, 2.45) is 0 Å². The quantitative estimate of drug-likeness (QED) is 0.481. The fraction of sp³-hybridized carbons (Fsp3) is 0.263. The summed E-state index contributed by atoms with van der Waals surface area (Å²) in [6.45, 7) is 10.1. The van der Waals surface area contributed by atoms with E-state index < -0.39 is 0 Å². The number of hydrogen-bond donors (Lipinski definition) is 1. The first-order valence-corrected chi connectivity index (χ1v) is 8.70. The van der Waals surface area contributed by atoms with Crippen molar-refractivity contribution in [3.63, 3.8) is 0 Å². The van der Waals surface area contributed by atoms with Gasteiger partial charge in [-0.3, -0.25) is 0 Å². The second-order valence-electron chi connectivity index (χ2n) is 5.00. The third-order valence-electron chi connectivity index (χ3n) is 3.26. The van der Waals surface area contributed by atoms with Crippen LogP contribution in [-0.4, -0.2) is 4.98 Å². The van der Waals surface area contributed by atoms with Crippen molar-refractivity contribution in [2.75, 3.05) is 0 Å². The summed E-state index contributed by atoms with van der Waals surface area (Å²) in [7, 11) is 0. The van der Waals surface area contributed by atoms with E-state index in [0.717, 1.165) is 16.5 Å². The number of fused-ring (bicyclic) bond motifs is 1. The van der Waals surface area contributed by atoms with Gasteiger partial charge in [0.25, 0.3) is 0 Å². The minimum absolute atomic E-state index is 0.238. The summed E-state index contributed by atoms with van der Waals surface area (Å²) < 4.78 is 12.5. The monoisotopic (exact) mass is 351 g/mol. The molecule has 23 heavy (non-hydrogen) atoms. The van der Waals surface area contributed by atoms with Gasteiger partial charge in [0.05, 0.1) is 27.6 Å². The van der Waals surface area contributed by atoms with Gasteiger partial charge in [0, 0.05) is 11.6 Å². The van der Waals surface area contributed by atoms with Gasteiger partial charge in [-0.15, -0.1) is 0 Å². The van der Waals surface area contributed by atoms with Crippen molar-refractivity contribution in [3.05, 3.63) is 64.3 Å². The molecule has 0 radical (unpaired) electrons. The SMILES string of the molecule is CC.Cc1ccc(C)cc1.Cc1ccc(Cl)c2[nH]cc(SF)c12. The van der Waals surface area contributed by atoms with Gasteiger partial charge in [0.15, 0.2) is 0 Å². The molecule has 3 aromatic rings. The van der Waals surface area contributed by atoms with Gasteiger partial charge >= 0.3 is 0 Å². The van der Waals surface area contributed by atoms with Crippen molar-refractivity contribution in [3.8, 4) is 0 Å². The number of rotatable bonds is 1. The van der Waals surface area contributed by atoms with Crippen molar-refractivity contribution in [1.29, 1.82) is 0 Å². The molecule has 0 aliphatic rings. The molecule has 0 spiro atoms. The predicted molar refractivity (Wildman–Crippen MR) is 102 cm³/mol. The molecule has 4 heteroatoms. The zero-order chi connectivity index (χ0) is 17.4. The van der Waals surface area contributed by atoms with E-state index in [1.54, 1.807) is 6.20 Å². The largest absolute Gasteiger partial charge is 0.359 e. The van der Waals surface area contributed by atoms with E-state index in [1.807, 2.05) is 32.9 Å². The minimum Gasteiger partial charge on any atom is -0.359 e. The molecule has 0 atom stereocenters. The van der Waals surface area contributed by atoms with Crippen LogP contribution in [0.1, 0.15) is 30.5 Å². The Morgan fingerprint density at radius 1 is 0.913 bits per heavy atom. The van der Waals surface area contributed by atoms with Gasteiger partial charge in [-0.05, 0) is 32.4 Å². The Bertz CT molecular complexity index is 714. The molecule has 1 N–H and O–H groups in total. The van der Waals surface area contributed by atoms with Crippen molar-refractivity contribution < 1.29 is 3.89 Å². The van der Waals surface area contributed by atoms with Crippen LogP contribution >= 0.6 is 23.7 Å². The third kappa shape index (κ3) is 5.29. The van der Waals surface area contributed by atoms with Gasteiger partial charge in [0.1, 0.15) is 0 Å². The Morgan fingerprint density at radius 3 is 1.91 bits per heavy atom. The zero-order valence-electron chi connectivity index (χ0n) is 14.2. The molecule has 2 aromatic carbocycles. The summed E-state index contributed by atoms with van der Waals surface area (Å²) in [6, 6.07) is 12.2. The summed E-state index contributed by atoms with van der Waals surface area (Å²) in [5.41, 5.74) is 4.49. The Hall–Kier alpha value is -1.45. The first-order chi connectivity index (χ1) is 11.0. The standard InChI is InChI=1S/C9H7ClFNS.C8H10.C2H6/c1-5-2-3-6(10)9-8(5)7(13-11)4-12-9;1-7-3-5-8(2)6-4-7;1-2/h2-4,12H,1H3;3-6H,1-2H3;1-2H3. The summed E-state index contributed by atoms with van der Waals surface area (Å²) in [6.07, 6.45) is 1.63. The van der Waals surface area contributed by atoms with Crippen LogP contribution in [0, 0.1) is 20.8 Å². The number of nitrogens with one attached hydrogen (secondary N) is 1. The lowest BCUT2D eigenvalue weighted by molar-refractivity contribution is 0.936. The Labute approximate surface area is 147 Å². The average molecular weight is 352 g/mol. The highest BCUT2D eigenvalue weighted by atomic mass is 35.5. The van der Waals surface area contributed by atoms with Gasteiger partial charge < -0.3 is 4.98 Å². The van der Waals surface area contributed by atoms with Gasteiger partial charge in [0.2, 0.25) is 0 Å². The topological polar surface area (TPSA) is 15.8 Å². The maximum Gasteiger partial charge on any atom is 0.0834 e. The maximum atomic E-state index is 12.5. The molecule has 1 nitrogen and oxygen atoms in total. The lowest BCUT2D eigenvalue weighted by Crippen LogP contribution is -1.76. The normalized spacial score (nSPS) is 9.70. The van der Waals surface area contributed by atoms with Crippen LogP contribution in [0.5, 0.6) is 0 Å². The van der Waals surface area contributed by atoms with Gasteiger partial charge in [-0.1, -0.05) is 66.9 Å². The highest BCUT2D eigenvalue weighted by Gasteiger charge is 2.09. The fourth-order valence-electron chi connectivity index (χ4n) is 2.05. The third-order valence-corrected chi connectivity index (χ3v) is 4.06. The van der Waals surface area contributed by atoms with Crippen LogP contribution in [0.2, 0.25) is 5.02 Å². The van der Waals surface area contributed by atoms with Crippen molar-refractivity contribution in [1.82, 2.24) is 4.98 Å². The Morgan fingerprint density at radius 2 is 1.43 bits per heavy atom. The van der Waals surface area contributed by atoms with E-state index in [4.69, 9.17) is 11.6 Å². The summed E-state index contributed by atoms with van der Waals surface area (Å²) in [5, 5.41) is 1.50. The van der Waals surface area contributed by atoms with E-state index in [-0.39, 0.29) is 12.1 Å². The molecule has 0 fully saturated rings. The van der Waals surface area contributed by atoms with E-state index in [1.165, 1.54) is 11.1 Å². The molecule has 0 amide bonds. The molecular weight excluding hydrogens is 329 g/mol. The predicted octanol–water partition coefficient (Wildman–Crippen LogP) is 7.44. The van der Waals surface area contributed by atoms with Crippen LogP contribution in [0.25, 0.3) is 10.9 Å². The molecule has 0 saturated heterocycles. The number of aromatic nitrogens is 1. The van der Waals surface area contributed by atoms with Crippen LogP contribution in [0.15, 0.2) is 47.5 Å². The molecule has 1 aromatic heterocycles. The fourth-order valence-corrected chi connectivity index (χ4v) is 2.70. The number of hydrogen-bond acceptors (Lipinski definition) is 1. The molecule has 0 unspecified atom stereocenters. The number of aryl methyl sites for hydroxylation is 3. The maximum absolute atomic E-state index is 12.5.